The molecule has 1 atom stereocenters. The Morgan fingerprint density at radius 3 is 2.50 bits per heavy atom. The van der Waals surface area contributed by atoms with Crippen molar-refractivity contribution < 1.29 is 18.7 Å². The molecule has 0 bridgehead atoms. The summed E-state index contributed by atoms with van der Waals surface area (Å²) in [6.45, 7) is 5.43. The summed E-state index contributed by atoms with van der Waals surface area (Å²) in [5.74, 6) is 1.49. The van der Waals surface area contributed by atoms with Gasteiger partial charge in [-0.3, -0.25) is 4.79 Å². The third-order valence-electron chi connectivity index (χ3n) is 4.22. The standard InChI is InChI=1S/C18H24N4O4/c1-2-19-18(20-13-14(23)15-5-3-11-25-15)22-9-7-21(8-10-22)17(24)16-6-4-12-26-16/h3-6,11-12,14,23H,2,7-10,13H2,1H3,(H,19,20). The molecular weight excluding hydrogens is 336 g/mol. The highest BCUT2D eigenvalue weighted by Gasteiger charge is 2.25. The molecule has 0 aromatic carbocycles. The Morgan fingerprint density at radius 1 is 1.19 bits per heavy atom. The van der Waals surface area contributed by atoms with Crippen molar-refractivity contribution in [2.45, 2.75) is 13.0 Å². The minimum absolute atomic E-state index is 0.0927. The van der Waals surface area contributed by atoms with Crippen LogP contribution in [0, 0.1) is 0 Å². The van der Waals surface area contributed by atoms with Gasteiger partial charge in [-0.05, 0) is 31.2 Å². The molecule has 1 amide bonds. The molecule has 0 spiro atoms. The first kappa shape index (κ1) is 18.1. The highest BCUT2D eigenvalue weighted by molar-refractivity contribution is 5.91. The number of amides is 1. The number of carbonyl (C=O) groups excluding carboxylic acids is 1. The molecule has 1 saturated heterocycles. The van der Waals surface area contributed by atoms with Crippen molar-refractivity contribution in [3.05, 3.63) is 48.3 Å². The van der Waals surface area contributed by atoms with E-state index in [9.17, 15) is 9.90 Å². The van der Waals surface area contributed by atoms with Gasteiger partial charge in [-0.1, -0.05) is 0 Å². The zero-order valence-electron chi connectivity index (χ0n) is 14.8. The van der Waals surface area contributed by atoms with Crippen LogP contribution in [-0.2, 0) is 0 Å². The summed E-state index contributed by atoms with van der Waals surface area (Å²) >= 11 is 0. The van der Waals surface area contributed by atoms with Gasteiger partial charge in [-0.25, -0.2) is 4.99 Å². The highest BCUT2D eigenvalue weighted by atomic mass is 16.4. The van der Waals surface area contributed by atoms with E-state index in [0.29, 0.717) is 37.7 Å². The number of aliphatic hydroxyl groups excluding tert-OH is 1. The molecular formula is C18H24N4O4. The second-order valence-electron chi connectivity index (χ2n) is 5.98. The Balaban J connectivity index is 1.57. The molecule has 8 heteroatoms. The van der Waals surface area contributed by atoms with Crippen LogP contribution in [0.3, 0.4) is 0 Å². The van der Waals surface area contributed by atoms with E-state index in [4.69, 9.17) is 8.83 Å². The zero-order chi connectivity index (χ0) is 18.4. The number of nitrogens with zero attached hydrogens (tertiary/aromatic N) is 3. The molecule has 0 aliphatic carbocycles. The molecule has 1 unspecified atom stereocenters. The van der Waals surface area contributed by atoms with Crippen LogP contribution in [0.1, 0.15) is 29.3 Å². The van der Waals surface area contributed by atoms with E-state index in [2.05, 4.69) is 15.2 Å². The van der Waals surface area contributed by atoms with Crippen LogP contribution in [-0.4, -0.2) is 66.0 Å². The van der Waals surface area contributed by atoms with E-state index in [0.717, 1.165) is 12.5 Å². The van der Waals surface area contributed by atoms with E-state index in [1.807, 2.05) is 6.92 Å². The van der Waals surface area contributed by atoms with Gasteiger partial charge in [-0.2, -0.15) is 0 Å². The average molecular weight is 360 g/mol. The smallest absolute Gasteiger partial charge is 0.289 e. The van der Waals surface area contributed by atoms with Gasteiger partial charge in [0.05, 0.1) is 19.1 Å². The first-order chi connectivity index (χ1) is 12.7. The summed E-state index contributed by atoms with van der Waals surface area (Å²) in [5.41, 5.74) is 0. The van der Waals surface area contributed by atoms with Gasteiger partial charge in [0.2, 0.25) is 0 Å². The van der Waals surface area contributed by atoms with Gasteiger partial charge in [-0.15, -0.1) is 0 Å². The maximum absolute atomic E-state index is 12.3. The Kier molecular flexibility index (Phi) is 5.96. The van der Waals surface area contributed by atoms with Crippen molar-refractivity contribution in [2.75, 3.05) is 39.3 Å². The fourth-order valence-corrected chi connectivity index (χ4v) is 2.85. The maximum atomic E-state index is 12.3. The third-order valence-corrected chi connectivity index (χ3v) is 4.22. The van der Waals surface area contributed by atoms with Crippen molar-refractivity contribution in [1.82, 2.24) is 15.1 Å². The summed E-state index contributed by atoms with van der Waals surface area (Å²) in [6, 6.07) is 6.86. The van der Waals surface area contributed by atoms with Crippen molar-refractivity contribution in [3.8, 4) is 0 Å². The van der Waals surface area contributed by atoms with E-state index >= 15 is 0 Å². The Bertz CT molecular complexity index is 704. The minimum Gasteiger partial charge on any atom is -0.467 e. The molecule has 3 heterocycles. The molecule has 1 aliphatic rings. The van der Waals surface area contributed by atoms with Crippen LogP contribution in [0.25, 0.3) is 0 Å². The number of hydrogen-bond donors (Lipinski definition) is 2. The quantitative estimate of drug-likeness (QED) is 0.617. The molecule has 26 heavy (non-hydrogen) atoms. The maximum Gasteiger partial charge on any atom is 0.289 e. The van der Waals surface area contributed by atoms with Crippen molar-refractivity contribution in [1.29, 1.82) is 0 Å². The normalized spacial score (nSPS) is 16.6. The molecule has 0 saturated carbocycles. The molecule has 2 N–H and O–H groups in total. The van der Waals surface area contributed by atoms with Gasteiger partial charge >= 0.3 is 0 Å². The number of rotatable bonds is 5. The van der Waals surface area contributed by atoms with Gasteiger partial charge in [0.1, 0.15) is 11.9 Å². The number of nitrogens with one attached hydrogen (secondary N) is 1. The highest BCUT2D eigenvalue weighted by Crippen LogP contribution is 2.14. The molecule has 1 fully saturated rings. The molecule has 2 aromatic heterocycles. The van der Waals surface area contributed by atoms with Crippen molar-refractivity contribution in [3.63, 3.8) is 0 Å². The topological polar surface area (TPSA) is 94.5 Å². The SMILES string of the molecule is CCNC(=NCC(O)c1ccco1)N1CCN(C(=O)c2ccco2)CC1. The lowest BCUT2D eigenvalue weighted by Gasteiger charge is -2.36. The van der Waals surface area contributed by atoms with Gasteiger partial charge in [0.15, 0.2) is 11.7 Å². The number of guanidine groups is 1. The van der Waals surface area contributed by atoms with Crippen LogP contribution in [0.2, 0.25) is 0 Å². The second kappa shape index (κ2) is 8.57. The van der Waals surface area contributed by atoms with E-state index in [-0.39, 0.29) is 12.5 Å². The predicted molar refractivity (Wildman–Crippen MR) is 95.8 cm³/mol. The summed E-state index contributed by atoms with van der Waals surface area (Å²) in [5, 5.41) is 13.4. The van der Waals surface area contributed by atoms with E-state index in [1.165, 1.54) is 12.5 Å². The number of hydrogen-bond acceptors (Lipinski definition) is 5. The molecule has 1 aliphatic heterocycles. The van der Waals surface area contributed by atoms with Crippen LogP contribution < -0.4 is 5.32 Å². The molecule has 0 radical (unpaired) electrons. The van der Waals surface area contributed by atoms with Crippen molar-refractivity contribution >= 4 is 11.9 Å². The number of piperazine rings is 1. The first-order valence-corrected chi connectivity index (χ1v) is 8.76. The molecule has 3 rings (SSSR count). The van der Waals surface area contributed by atoms with E-state index in [1.54, 1.807) is 29.2 Å². The average Bonchev–Trinajstić information content (AvgIpc) is 3.38. The molecule has 2 aromatic rings. The van der Waals surface area contributed by atoms with Crippen LogP contribution in [0.4, 0.5) is 0 Å². The number of furan rings is 2. The van der Waals surface area contributed by atoms with Gasteiger partial charge < -0.3 is 29.1 Å². The lowest BCUT2D eigenvalue weighted by Crippen LogP contribution is -2.53. The fraction of sp³-hybridized carbons (Fsp3) is 0.444. The number of aliphatic imine (C=N–C) groups is 1. The predicted octanol–water partition coefficient (Wildman–Crippen LogP) is 1.33. The van der Waals surface area contributed by atoms with Crippen LogP contribution in [0.15, 0.2) is 50.6 Å². The lowest BCUT2D eigenvalue weighted by molar-refractivity contribution is 0.0657. The van der Waals surface area contributed by atoms with Crippen LogP contribution >= 0.6 is 0 Å². The Morgan fingerprint density at radius 2 is 1.88 bits per heavy atom. The van der Waals surface area contributed by atoms with Gasteiger partial charge in [0, 0.05) is 32.7 Å². The number of carbonyl (C=O) groups is 1. The fourth-order valence-electron chi connectivity index (χ4n) is 2.85. The summed E-state index contributed by atoms with van der Waals surface area (Å²) in [7, 11) is 0. The summed E-state index contributed by atoms with van der Waals surface area (Å²) < 4.78 is 10.4. The first-order valence-electron chi connectivity index (χ1n) is 8.76. The number of aliphatic hydroxyl groups is 1. The summed E-state index contributed by atoms with van der Waals surface area (Å²) in [6.07, 6.45) is 2.26. The molecule has 8 nitrogen and oxygen atoms in total. The minimum atomic E-state index is -0.777. The lowest BCUT2D eigenvalue weighted by atomic mass is 10.2. The Labute approximate surface area is 152 Å². The third kappa shape index (κ3) is 4.26. The molecule has 140 valence electrons. The zero-order valence-corrected chi connectivity index (χ0v) is 14.8. The monoisotopic (exact) mass is 360 g/mol. The van der Waals surface area contributed by atoms with Gasteiger partial charge in [0.25, 0.3) is 5.91 Å². The summed E-state index contributed by atoms with van der Waals surface area (Å²) in [4.78, 5) is 20.7. The van der Waals surface area contributed by atoms with E-state index < -0.39 is 6.10 Å². The van der Waals surface area contributed by atoms with Crippen molar-refractivity contribution in [2.24, 2.45) is 4.99 Å². The largest absolute Gasteiger partial charge is 0.467 e. The second-order valence-corrected chi connectivity index (χ2v) is 5.98. The van der Waals surface area contributed by atoms with Crippen LogP contribution in [0.5, 0.6) is 0 Å². The Hall–Kier alpha value is -2.74.